The third-order valence-electron chi connectivity index (χ3n) is 5.22. The Labute approximate surface area is 123 Å². The first kappa shape index (κ1) is 15.4. The Kier molecular flexibility index (Phi) is 4.43. The van der Waals surface area contributed by atoms with Gasteiger partial charge >= 0.3 is 0 Å². The van der Waals surface area contributed by atoms with Gasteiger partial charge in [-0.3, -0.25) is 0 Å². The smallest absolute Gasteiger partial charge is 0.123 e. The molecule has 0 heterocycles. The van der Waals surface area contributed by atoms with E-state index in [0.717, 1.165) is 25.0 Å². The molecule has 1 saturated carbocycles. The van der Waals surface area contributed by atoms with Crippen molar-refractivity contribution in [3.63, 3.8) is 0 Å². The van der Waals surface area contributed by atoms with Gasteiger partial charge in [-0.05, 0) is 42.9 Å². The highest BCUT2D eigenvalue weighted by Crippen LogP contribution is 2.48. The molecular formula is C18H29NO. The number of aryl methyl sites for hydroxylation is 1. The Bertz CT molecular complexity index is 462. The molecule has 0 radical (unpaired) electrons. The molecule has 1 aromatic rings. The molecule has 1 aromatic carbocycles. The van der Waals surface area contributed by atoms with Crippen molar-refractivity contribution in [3.05, 3.63) is 29.3 Å². The summed E-state index contributed by atoms with van der Waals surface area (Å²) in [5, 5.41) is 0. The van der Waals surface area contributed by atoms with Crippen LogP contribution in [0.3, 0.4) is 0 Å². The van der Waals surface area contributed by atoms with E-state index >= 15 is 0 Å². The second-order valence-corrected chi connectivity index (χ2v) is 6.58. The van der Waals surface area contributed by atoms with E-state index in [0.29, 0.717) is 5.92 Å². The highest BCUT2D eigenvalue weighted by atomic mass is 16.5. The molecule has 20 heavy (non-hydrogen) atoms. The van der Waals surface area contributed by atoms with Crippen LogP contribution in [0.5, 0.6) is 5.75 Å². The van der Waals surface area contributed by atoms with Crippen molar-refractivity contribution in [2.45, 2.75) is 71.9 Å². The molecule has 0 saturated heterocycles. The lowest BCUT2D eigenvalue weighted by Gasteiger charge is -2.53. The first-order chi connectivity index (χ1) is 9.44. The molecule has 0 spiro atoms. The van der Waals surface area contributed by atoms with Crippen molar-refractivity contribution in [3.8, 4) is 5.75 Å². The van der Waals surface area contributed by atoms with Crippen LogP contribution in [-0.4, -0.2) is 12.1 Å². The Balaban J connectivity index is 2.24. The van der Waals surface area contributed by atoms with Crippen LogP contribution in [0, 0.1) is 12.3 Å². The van der Waals surface area contributed by atoms with E-state index in [9.17, 15) is 0 Å². The zero-order valence-electron chi connectivity index (χ0n) is 13.6. The van der Waals surface area contributed by atoms with Gasteiger partial charge < -0.3 is 10.5 Å². The van der Waals surface area contributed by atoms with E-state index in [1.807, 2.05) is 0 Å². The molecule has 0 aromatic heterocycles. The van der Waals surface area contributed by atoms with Gasteiger partial charge in [0.25, 0.3) is 0 Å². The highest BCUT2D eigenvalue weighted by molar-refractivity contribution is 5.39. The van der Waals surface area contributed by atoms with Crippen LogP contribution in [0.25, 0.3) is 0 Å². The van der Waals surface area contributed by atoms with Gasteiger partial charge in [-0.25, -0.2) is 0 Å². The van der Waals surface area contributed by atoms with Gasteiger partial charge in [0.15, 0.2) is 0 Å². The first-order valence-electron chi connectivity index (χ1n) is 7.97. The van der Waals surface area contributed by atoms with Gasteiger partial charge in [0.2, 0.25) is 0 Å². The minimum atomic E-state index is 0.165. The quantitative estimate of drug-likeness (QED) is 0.864. The van der Waals surface area contributed by atoms with E-state index in [-0.39, 0.29) is 17.6 Å². The van der Waals surface area contributed by atoms with E-state index < -0.39 is 0 Å². The van der Waals surface area contributed by atoms with Crippen molar-refractivity contribution in [1.82, 2.24) is 0 Å². The molecule has 2 atom stereocenters. The highest BCUT2D eigenvalue weighted by Gasteiger charge is 2.52. The third-order valence-corrected chi connectivity index (χ3v) is 5.22. The lowest BCUT2D eigenvalue weighted by molar-refractivity contribution is -0.0727. The van der Waals surface area contributed by atoms with Crippen LogP contribution in [0.2, 0.25) is 0 Å². The molecule has 1 aliphatic rings. The maximum atomic E-state index is 6.41. The number of ether oxygens (including phenoxy) is 1. The molecule has 1 fully saturated rings. The zero-order chi connectivity index (χ0) is 14.9. The van der Waals surface area contributed by atoms with Gasteiger partial charge in [-0.2, -0.15) is 0 Å². The summed E-state index contributed by atoms with van der Waals surface area (Å²) in [7, 11) is 0. The van der Waals surface area contributed by atoms with Crippen molar-refractivity contribution >= 4 is 0 Å². The van der Waals surface area contributed by atoms with Crippen LogP contribution in [-0.2, 0) is 0 Å². The van der Waals surface area contributed by atoms with Gasteiger partial charge in [-0.1, -0.05) is 39.8 Å². The summed E-state index contributed by atoms with van der Waals surface area (Å²) in [5.74, 6) is 1.54. The minimum Gasteiger partial charge on any atom is -0.489 e. The Hall–Kier alpha value is -1.02. The van der Waals surface area contributed by atoms with Crippen LogP contribution in [0.1, 0.15) is 64.0 Å². The van der Waals surface area contributed by atoms with Crippen molar-refractivity contribution in [2.75, 3.05) is 0 Å². The SMILES string of the molecule is CCC1(CC)C(N)CC1Oc1cc(C)ccc1C(C)C. The maximum absolute atomic E-state index is 6.41. The summed E-state index contributed by atoms with van der Waals surface area (Å²) >= 11 is 0. The van der Waals surface area contributed by atoms with Gasteiger partial charge in [0, 0.05) is 17.9 Å². The summed E-state index contributed by atoms with van der Waals surface area (Å²) < 4.78 is 6.41. The third kappa shape index (κ3) is 2.46. The Morgan fingerprint density at radius 2 is 1.95 bits per heavy atom. The minimum absolute atomic E-state index is 0.165. The first-order valence-corrected chi connectivity index (χ1v) is 7.97. The number of rotatable bonds is 5. The molecule has 0 bridgehead atoms. The predicted molar refractivity (Wildman–Crippen MR) is 85.3 cm³/mol. The topological polar surface area (TPSA) is 35.2 Å². The molecule has 2 rings (SSSR count). The van der Waals surface area contributed by atoms with Gasteiger partial charge in [0.1, 0.15) is 11.9 Å². The fraction of sp³-hybridized carbons (Fsp3) is 0.667. The fourth-order valence-electron chi connectivity index (χ4n) is 3.55. The largest absolute Gasteiger partial charge is 0.489 e. The average molecular weight is 275 g/mol. The summed E-state index contributed by atoms with van der Waals surface area (Å²) in [5.41, 5.74) is 8.99. The summed E-state index contributed by atoms with van der Waals surface area (Å²) in [6, 6.07) is 6.83. The molecule has 1 aliphatic carbocycles. The van der Waals surface area contributed by atoms with Crippen molar-refractivity contribution < 1.29 is 4.74 Å². The van der Waals surface area contributed by atoms with Crippen molar-refractivity contribution in [1.29, 1.82) is 0 Å². The monoisotopic (exact) mass is 275 g/mol. The second-order valence-electron chi connectivity index (χ2n) is 6.58. The van der Waals surface area contributed by atoms with Crippen LogP contribution < -0.4 is 10.5 Å². The number of hydrogen-bond acceptors (Lipinski definition) is 2. The molecule has 2 heteroatoms. The fourth-order valence-corrected chi connectivity index (χ4v) is 3.55. The Morgan fingerprint density at radius 3 is 2.45 bits per heavy atom. The predicted octanol–water partition coefficient (Wildman–Crippen LogP) is 4.40. The number of hydrogen-bond donors (Lipinski definition) is 1. The lowest BCUT2D eigenvalue weighted by atomic mass is 9.59. The van der Waals surface area contributed by atoms with E-state index in [2.05, 4.69) is 52.8 Å². The summed E-state index contributed by atoms with van der Waals surface area (Å²) in [6.45, 7) is 11.0. The van der Waals surface area contributed by atoms with Gasteiger partial charge in [0.05, 0.1) is 0 Å². The average Bonchev–Trinajstić information content (AvgIpc) is 2.39. The molecular weight excluding hydrogens is 246 g/mol. The maximum Gasteiger partial charge on any atom is 0.123 e. The molecule has 2 nitrogen and oxygen atoms in total. The number of nitrogens with two attached hydrogens (primary N) is 1. The van der Waals surface area contributed by atoms with Crippen LogP contribution in [0.4, 0.5) is 0 Å². The molecule has 0 aliphatic heterocycles. The van der Waals surface area contributed by atoms with Crippen LogP contribution in [0.15, 0.2) is 18.2 Å². The number of benzene rings is 1. The van der Waals surface area contributed by atoms with Gasteiger partial charge in [-0.15, -0.1) is 0 Å². The zero-order valence-corrected chi connectivity index (χ0v) is 13.6. The standard InChI is InChI=1S/C18H29NO/c1-6-18(7-2)16(19)11-17(18)20-15-10-13(5)8-9-14(15)12(3)4/h8-10,12,16-17H,6-7,11,19H2,1-5H3. The Morgan fingerprint density at radius 1 is 1.30 bits per heavy atom. The lowest BCUT2D eigenvalue weighted by Crippen LogP contribution is -2.63. The summed E-state index contributed by atoms with van der Waals surface area (Å²) in [4.78, 5) is 0. The molecule has 2 N–H and O–H groups in total. The van der Waals surface area contributed by atoms with E-state index in [1.54, 1.807) is 0 Å². The van der Waals surface area contributed by atoms with Crippen LogP contribution >= 0.6 is 0 Å². The van der Waals surface area contributed by atoms with Crippen molar-refractivity contribution in [2.24, 2.45) is 11.1 Å². The van der Waals surface area contributed by atoms with E-state index in [4.69, 9.17) is 10.5 Å². The molecule has 2 unspecified atom stereocenters. The molecule has 0 amide bonds. The van der Waals surface area contributed by atoms with E-state index in [1.165, 1.54) is 11.1 Å². The second kappa shape index (κ2) is 5.77. The summed E-state index contributed by atoms with van der Waals surface area (Å²) in [6.07, 6.45) is 3.44. The normalized spacial score (nSPS) is 24.6. The molecule has 112 valence electrons.